The maximum absolute atomic E-state index is 4.65. The molecule has 0 spiro atoms. The van der Waals surface area contributed by atoms with Gasteiger partial charge < -0.3 is 0 Å². The van der Waals surface area contributed by atoms with Gasteiger partial charge in [-0.3, -0.25) is 4.68 Å². The van der Waals surface area contributed by atoms with Gasteiger partial charge in [-0.05, 0) is 59.8 Å². The molecule has 2 nitrogen and oxygen atoms in total. The van der Waals surface area contributed by atoms with Crippen LogP contribution in [0.5, 0.6) is 0 Å². The van der Waals surface area contributed by atoms with Crippen LogP contribution in [0.4, 0.5) is 0 Å². The molecule has 5 aliphatic rings. The minimum absolute atomic E-state index is 0.765. The summed E-state index contributed by atoms with van der Waals surface area (Å²) in [6, 6.07) is 0. The van der Waals surface area contributed by atoms with Crippen LogP contribution in [-0.2, 0) is 7.05 Å². The van der Waals surface area contributed by atoms with Crippen molar-refractivity contribution in [3.05, 3.63) is 41.8 Å². The van der Waals surface area contributed by atoms with Gasteiger partial charge in [0, 0.05) is 18.7 Å². The summed E-state index contributed by atoms with van der Waals surface area (Å²) in [4.78, 5) is 0. The minimum Gasteiger partial charge on any atom is -0.272 e. The summed E-state index contributed by atoms with van der Waals surface area (Å²) < 4.78 is 2.20. The molecule has 2 fully saturated rings. The molecule has 20 heavy (non-hydrogen) atoms. The second kappa shape index (κ2) is 3.13. The van der Waals surface area contributed by atoms with Crippen LogP contribution in [0, 0.1) is 35.5 Å². The van der Waals surface area contributed by atoms with Crippen molar-refractivity contribution in [1.29, 1.82) is 0 Å². The van der Waals surface area contributed by atoms with E-state index in [2.05, 4.69) is 47.3 Å². The molecule has 0 amide bonds. The molecule has 2 heteroatoms. The van der Waals surface area contributed by atoms with E-state index in [1.165, 1.54) is 12.8 Å². The van der Waals surface area contributed by atoms with E-state index in [4.69, 9.17) is 0 Å². The SMILES string of the molecule is Cn1ncc2c1[C@@H]1[C@H]([C@H]3[C@@H]2[C@@H]2C=C[C@H]3C2)[C@H]2C=C[C@@H]1C2. The highest BCUT2D eigenvalue weighted by Crippen LogP contribution is 2.68. The van der Waals surface area contributed by atoms with E-state index in [-0.39, 0.29) is 0 Å². The Morgan fingerprint density at radius 3 is 2.25 bits per heavy atom. The van der Waals surface area contributed by atoms with Gasteiger partial charge in [0.1, 0.15) is 0 Å². The quantitative estimate of drug-likeness (QED) is 0.658. The van der Waals surface area contributed by atoms with E-state index < -0.39 is 0 Å². The van der Waals surface area contributed by atoms with Gasteiger partial charge in [-0.15, -0.1) is 0 Å². The van der Waals surface area contributed by atoms with Gasteiger partial charge in [0.05, 0.1) is 6.20 Å². The minimum atomic E-state index is 0.765. The molecule has 0 unspecified atom stereocenters. The zero-order valence-corrected chi connectivity index (χ0v) is 11.8. The van der Waals surface area contributed by atoms with Gasteiger partial charge in [-0.1, -0.05) is 24.3 Å². The van der Waals surface area contributed by atoms with E-state index in [0.29, 0.717) is 0 Å². The lowest BCUT2D eigenvalue weighted by atomic mass is 9.59. The predicted molar refractivity (Wildman–Crippen MR) is 77.1 cm³/mol. The Bertz CT molecular complexity index is 667. The maximum atomic E-state index is 4.65. The van der Waals surface area contributed by atoms with Gasteiger partial charge in [-0.25, -0.2) is 0 Å². The number of nitrogens with zero attached hydrogens (tertiary/aromatic N) is 2. The molecular formula is C18H20N2. The number of hydrogen-bond acceptors (Lipinski definition) is 1. The molecule has 2 saturated carbocycles. The smallest absolute Gasteiger partial charge is 0.0527 e. The van der Waals surface area contributed by atoms with E-state index in [9.17, 15) is 0 Å². The van der Waals surface area contributed by atoms with Crippen molar-refractivity contribution in [2.75, 3.05) is 0 Å². The number of aryl methyl sites for hydroxylation is 1. The van der Waals surface area contributed by atoms with Gasteiger partial charge in [0.15, 0.2) is 0 Å². The molecule has 4 bridgehead atoms. The fourth-order valence-electron chi connectivity index (χ4n) is 6.72. The molecule has 5 aliphatic carbocycles. The average Bonchev–Trinajstić information content (AvgIpc) is 3.24. The maximum Gasteiger partial charge on any atom is 0.0527 e. The van der Waals surface area contributed by atoms with Gasteiger partial charge >= 0.3 is 0 Å². The third kappa shape index (κ3) is 0.952. The number of rotatable bonds is 0. The fourth-order valence-corrected chi connectivity index (χ4v) is 6.72. The van der Waals surface area contributed by atoms with Crippen LogP contribution in [0.1, 0.15) is 35.9 Å². The van der Waals surface area contributed by atoms with Gasteiger partial charge in [-0.2, -0.15) is 5.10 Å². The molecule has 1 heterocycles. The third-order valence-corrected chi connectivity index (χ3v) is 7.17. The topological polar surface area (TPSA) is 17.8 Å². The molecule has 1 aromatic rings. The highest BCUT2D eigenvalue weighted by atomic mass is 15.3. The monoisotopic (exact) mass is 264 g/mol. The highest BCUT2D eigenvalue weighted by molar-refractivity contribution is 5.42. The molecule has 0 aliphatic heterocycles. The Labute approximate surface area is 119 Å². The molecule has 6 rings (SSSR count). The molecule has 0 saturated heterocycles. The van der Waals surface area contributed by atoms with Crippen LogP contribution < -0.4 is 0 Å². The summed E-state index contributed by atoms with van der Waals surface area (Å²) >= 11 is 0. The van der Waals surface area contributed by atoms with Crippen molar-refractivity contribution >= 4 is 0 Å². The molecule has 102 valence electrons. The van der Waals surface area contributed by atoms with Crippen molar-refractivity contribution < 1.29 is 0 Å². The normalized spacial score (nSPS) is 52.5. The number of hydrogen-bond donors (Lipinski definition) is 0. The Morgan fingerprint density at radius 1 is 0.900 bits per heavy atom. The average molecular weight is 264 g/mol. The third-order valence-electron chi connectivity index (χ3n) is 7.17. The van der Waals surface area contributed by atoms with E-state index >= 15 is 0 Å². The Hall–Kier alpha value is -1.31. The molecule has 1 aromatic heterocycles. The predicted octanol–water partition coefficient (Wildman–Crippen LogP) is 3.25. The lowest BCUT2D eigenvalue weighted by Gasteiger charge is -2.44. The Morgan fingerprint density at radius 2 is 1.50 bits per heavy atom. The van der Waals surface area contributed by atoms with Crippen LogP contribution in [-0.4, -0.2) is 9.78 Å². The van der Waals surface area contributed by atoms with Crippen LogP contribution >= 0.6 is 0 Å². The van der Waals surface area contributed by atoms with Crippen LogP contribution in [0.15, 0.2) is 30.5 Å². The second-order valence-corrected chi connectivity index (χ2v) is 7.71. The van der Waals surface area contributed by atoms with Crippen molar-refractivity contribution in [2.24, 2.45) is 42.6 Å². The lowest BCUT2D eigenvalue weighted by Crippen LogP contribution is -2.38. The highest BCUT2D eigenvalue weighted by Gasteiger charge is 2.61. The van der Waals surface area contributed by atoms with E-state index in [1.807, 2.05) is 0 Å². The zero-order chi connectivity index (χ0) is 13.0. The summed E-state index contributed by atoms with van der Waals surface area (Å²) in [6.45, 7) is 0. The summed E-state index contributed by atoms with van der Waals surface area (Å²) in [6.07, 6.45) is 15.1. The first-order valence-corrected chi connectivity index (χ1v) is 8.21. The number of fused-ring (bicyclic) bond motifs is 14. The summed E-state index contributed by atoms with van der Waals surface area (Å²) in [7, 11) is 2.16. The van der Waals surface area contributed by atoms with Gasteiger partial charge in [0.2, 0.25) is 0 Å². The van der Waals surface area contributed by atoms with Crippen molar-refractivity contribution in [2.45, 2.75) is 24.7 Å². The van der Waals surface area contributed by atoms with Crippen LogP contribution in [0.2, 0.25) is 0 Å². The zero-order valence-electron chi connectivity index (χ0n) is 11.8. The first-order chi connectivity index (χ1) is 9.83. The lowest BCUT2D eigenvalue weighted by molar-refractivity contribution is 0.178. The summed E-state index contributed by atoms with van der Waals surface area (Å²) in [5, 5.41) is 4.65. The standard InChI is InChI=1S/C18H20N2/c1-20-18-13(8-19-20)14-9-2-3-10(6-9)15(14)16-11-4-5-12(7-11)17(16)18/h2-5,8-12,14-17H,6-7H2,1H3/t9-,10+,11+,12-,14-,15-,16+,17+/m1/s1. The van der Waals surface area contributed by atoms with Crippen LogP contribution in [0.3, 0.4) is 0 Å². The molecule has 8 atom stereocenters. The van der Waals surface area contributed by atoms with Crippen molar-refractivity contribution in [1.82, 2.24) is 9.78 Å². The van der Waals surface area contributed by atoms with Crippen LogP contribution in [0.25, 0.3) is 0 Å². The number of aromatic nitrogens is 2. The molecular weight excluding hydrogens is 244 g/mol. The largest absolute Gasteiger partial charge is 0.272 e. The first-order valence-electron chi connectivity index (χ1n) is 8.21. The molecule has 0 N–H and O–H groups in total. The van der Waals surface area contributed by atoms with E-state index in [1.54, 1.807) is 11.3 Å². The Kier molecular flexibility index (Phi) is 1.63. The fraction of sp³-hybridized carbons (Fsp3) is 0.611. The second-order valence-electron chi connectivity index (χ2n) is 7.71. The Balaban J connectivity index is 1.64. The van der Waals surface area contributed by atoms with Gasteiger partial charge in [0.25, 0.3) is 0 Å². The summed E-state index contributed by atoms with van der Waals surface area (Å²) in [5.74, 6) is 6.67. The summed E-state index contributed by atoms with van der Waals surface area (Å²) in [5.41, 5.74) is 3.20. The van der Waals surface area contributed by atoms with Crippen molar-refractivity contribution in [3.8, 4) is 0 Å². The molecule has 0 radical (unpaired) electrons. The van der Waals surface area contributed by atoms with Crippen molar-refractivity contribution in [3.63, 3.8) is 0 Å². The number of allylic oxidation sites excluding steroid dienone is 4. The molecule has 0 aromatic carbocycles. The first kappa shape index (κ1) is 10.4. The van der Waals surface area contributed by atoms with E-state index in [0.717, 1.165) is 47.3 Å².